The van der Waals surface area contributed by atoms with Crippen LogP contribution < -0.4 is 14.2 Å². The van der Waals surface area contributed by atoms with Crippen molar-refractivity contribution in [3.63, 3.8) is 0 Å². The van der Waals surface area contributed by atoms with Crippen LogP contribution in [0, 0.1) is 0 Å². The molecule has 1 amide bonds. The molecule has 0 saturated heterocycles. The topological polar surface area (TPSA) is 99.6 Å². The van der Waals surface area contributed by atoms with Crippen molar-refractivity contribution in [2.45, 2.75) is 20.1 Å². The molecule has 0 bridgehead atoms. The Kier molecular flexibility index (Phi) is 5.44. The van der Waals surface area contributed by atoms with E-state index < -0.39 is 12.2 Å². The molecule has 0 spiro atoms. The molecule has 1 aromatic carbocycles. The lowest BCUT2D eigenvalue weighted by molar-refractivity contribution is -0.135. The van der Waals surface area contributed by atoms with E-state index in [2.05, 4.69) is 10.1 Å². The maximum absolute atomic E-state index is 12.0. The van der Waals surface area contributed by atoms with Crippen LogP contribution in [-0.2, 0) is 14.3 Å². The van der Waals surface area contributed by atoms with E-state index in [9.17, 15) is 9.59 Å². The maximum Gasteiger partial charge on any atom is 0.308 e. The first kappa shape index (κ1) is 19.2. The molecule has 0 saturated carbocycles. The summed E-state index contributed by atoms with van der Waals surface area (Å²) in [6.07, 6.45) is 2.48. The minimum Gasteiger partial charge on any atom is -0.493 e. The molecule has 0 fully saturated rings. The monoisotopic (exact) mass is 385 g/mol. The van der Waals surface area contributed by atoms with E-state index in [1.165, 1.54) is 33.1 Å². The Hall–Kier alpha value is -3.62. The highest BCUT2D eigenvalue weighted by Gasteiger charge is 2.34. The fourth-order valence-corrected chi connectivity index (χ4v) is 2.67. The van der Waals surface area contributed by atoms with Crippen molar-refractivity contribution in [3.8, 4) is 17.2 Å². The Morgan fingerprint density at radius 2 is 1.82 bits per heavy atom. The van der Waals surface area contributed by atoms with Crippen molar-refractivity contribution < 1.29 is 28.5 Å². The van der Waals surface area contributed by atoms with Gasteiger partial charge in [0.2, 0.25) is 23.8 Å². The number of rotatable bonds is 5. The lowest BCUT2D eigenvalue weighted by Crippen LogP contribution is -2.25. The van der Waals surface area contributed by atoms with E-state index in [0.717, 1.165) is 0 Å². The summed E-state index contributed by atoms with van der Waals surface area (Å²) in [6.45, 7) is 2.67. The third-order valence-corrected chi connectivity index (χ3v) is 3.89. The van der Waals surface area contributed by atoms with Gasteiger partial charge in [-0.2, -0.15) is 5.01 Å². The second-order valence-corrected chi connectivity index (χ2v) is 5.83. The SMILES string of the molecule is COc1cc(C2=NN(C(C)=O)C(c3cccnc3)O2)cc(OC)c1OC(C)=O. The number of carbonyl (C=O) groups excluding carboxylic acids is 2. The van der Waals surface area contributed by atoms with Gasteiger partial charge in [-0.15, -0.1) is 5.10 Å². The molecule has 28 heavy (non-hydrogen) atoms. The van der Waals surface area contributed by atoms with Crippen molar-refractivity contribution in [3.05, 3.63) is 47.8 Å². The molecule has 2 heterocycles. The summed E-state index contributed by atoms with van der Waals surface area (Å²) in [5.41, 5.74) is 1.16. The first-order chi connectivity index (χ1) is 13.4. The molecular weight excluding hydrogens is 366 g/mol. The smallest absolute Gasteiger partial charge is 0.308 e. The zero-order valence-corrected chi connectivity index (χ0v) is 15.8. The molecule has 1 aromatic heterocycles. The number of pyridine rings is 1. The van der Waals surface area contributed by atoms with Gasteiger partial charge in [0.25, 0.3) is 0 Å². The lowest BCUT2D eigenvalue weighted by Gasteiger charge is -2.19. The lowest BCUT2D eigenvalue weighted by atomic mass is 10.1. The molecular formula is C19H19N3O6. The highest BCUT2D eigenvalue weighted by atomic mass is 16.6. The standard InChI is InChI=1S/C19H19N3O6/c1-11(23)22-19(13-6-5-7-20-10-13)28-18(21-22)14-8-15(25-3)17(27-12(2)24)16(9-14)26-4/h5-10,19H,1-4H3. The summed E-state index contributed by atoms with van der Waals surface area (Å²) in [5, 5.41) is 5.52. The molecule has 1 aliphatic heterocycles. The second kappa shape index (κ2) is 7.95. The van der Waals surface area contributed by atoms with Crippen LogP contribution in [0.25, 0.3) is 0 Å². The highest BCUT2D eigenvalue weighted by molar-refractivity contribution is 5.97. The van der Waals surface area contributed by atoms with E-state index >= 15 is 0 Å². The van der Waals surface area contributed by atoms with Gasteiger partial charge in [-0.1, -0.05) is 6.07 Å². The molecule has 2 aromatic rings. The van der Waals surface area contributed by atoms with Crippen LogP contribution in [0.3, 0.4) is 0 Å². The van der Waals surface area contributed by atoms with Gasteiger partial charge in [-0.3, -0.25) is 14.6 Å². The number of aromatic nitrogens is 1. The van der Waals surface area contributed by atoms with Crippen LogP contribution in [0.4, 0.5) is 0 Å². The van der Waals surface area contributed by atoms with Gasteiger partial charge in [0.05, 0.1) is 14.2 Å². The normalized spacial score (nSPS) is 15.5. The average Bonchev–Trinajstić information content (AvgIpc) is 3.14. The van der Waals surface area contributed by atoms with Crippen molar-refractivity contribution >= 4 is 17.8 Å². The van der Waals surface area contributed by atoms with Gasteiger partial charge >= 0.3 is 5.97 Å². The van der Waals surface area contributed by atoms with Crippen LogP contribution >= 0.6 is 0 Å². The summed E-state index contributed by atoms with van der Waals surface area (Å²) in [7, 11) is 2.87. The first-order valence-corrected chi connectivity index (χ1v) is 8.34. The number of esters is 1. The average molecular weight is 385 g/mol. The molecule has 0 aliphatic carbocycles. The van der Waals surface area contributed by atoms with Crippen LogP contribution in [0.5, 0.6) is 17.2 Å². The van der Waals surface area contributed by atoms with Crippen molar-refractivity contribution in [1.82, 2.24) is 9.99 Å². The molecule has 0 N–H and O–H groups in total. The zero-order chi connectivity index (χ0) is 20.3. The summed E-state index contributed by atoms with van der Waals surface area (Å²) >= 11 is 0. The first-order valence-electron chi connectivity index (χ1n) is 8.34. The van der Waals surface area contributed by atoms with Crippen LogP contribution in [0.2, 0.25) is 0 Å². The zero-order valence-electron chi connectivity index (χ0n) is 15.8. The number of benzene rings is 1. The number of methoxy groups -OCH3 is 2. The van der Waals surface area contributed by atoms with Gasteiger partial charge in [0, 0.05) is 37.4 Å². The summed E-state index contributed by atoms with van der Waals surface area (Å²) in [5.74, 6) is 0.0460. The minimum absolute atomic E-state index is 0.145. The quantitative estimate of drug-likeness (QED) is 0.575. The van der Waals surface area contributed by atoms with Gasteiger partial charge < -0.3 is 18.9 Å². The Labute approximate surface area is 161 Å². The number of hydrogen-bond donors (Lipinski definition) is 0. The number of nitrogens with zero attached hydrogens (tertiary/aromatic N) is 3. The van der Waals surface area contributed by atoms with Crippen molar-refractivity contribution in [2.75, 3.05) is 14.2 Å². The molecule has 9 heteroatoms. The van der Waals surface area contributed by atoms with E-state index in [1.54, 1.807) is 36.7 Å². The second-order valence-electron chi connectivity index (χ2n) is 5.83. The third-order valence-electron chi connectivity index (χ3n) is 3.89. The van der Waals surface area contributed by atoms with Crippen molar-refractivity contribution in [2.24, 2.45) is 5.10 Å². The Morgan fingerprint density at radius 1 is 1.14 bits per heavy atom. The van der Waals surface area contributed by atoms with Gasteiger partial charge in [-0.25, -0.2) is 0 Å². The van der Waals surface area contributed by atoms with E-state index in [-0.39, 0.29) is 29.1 Å². The molecule has 1 unspecified atom stereocenters. The summed E-state index contributed by atoms with van der Waals surface area (Å²) < 4.78 is 21.7. The molecule has 146 valence electrons. The van der Waals surface area contributed by atoms with E-state index in [1.807, 2.05) is 0 Å². The van der Waals surface area contributed by atoms with Gasteiger partial charge in [0.1, 0.15) is 0 Å². The number of amides is 1. The summed E-state index contributed by atoms with van der Waals surface area (Å²) in [6, 6.07) is 6.71. The minimum atomic E-state index is -0.744. The predicted octanol–water partition coefficient (Wildman–Crippen LogP) is 2.26. The Morgan fingerprint density at radius 3 is 2.32 bits per heavy atom. The largest absolute Gasteiger partial charge is 0.493 e. The molecule has 1 aliphatic rings. The predicted molar refractivity (Wildman–Crippen MR) is 98.0 cm³/mol. The Bertz CT molecular complexity index is 904. The number of hydrazone groups is 1. The Balaban J connectivity index is 2.02. The van der Waals surface area contributed by atoms with Gasteiger partial charge in [-0.05, 0) is 18.2 Å². The summed E-state index contributed by atoms with van der Waals surface area (Å²) in [4.78, 5) is 27.5. The molecule has 3 rings (SSSR count). The number of carbonyl (C=O) groups is 2. The van der Waals surface area contributed by atoms with E-state index in [4.69, 9.17) is 18.9 Å². The molecule has 1 atom stereocenters. The van der Waals surface area contributed by atoms with Crippen LogP contribution in [0.15, 0.2) is 41.8 Å². The maximum atomic E-state index is 12.0. The van der Waals surface area contributed by atoms with Gasteiger partial charge in [0.15, 0.2) is 11.5 Å². The van der Waals surface area contributed by atoms with Crippen molar-refractivity contribution in [1.29, 1.82) is 0 Å². The van der Waals surface area contributed by atoms with Crippen LogP contribution in [-0.4, -0.2) is 42.0 Å². The molecule has 0 radical (unpaired) electrons. The fourth-order valence-electron chi connectivity index (χ4n) is 2.67. The fraction of sp³-hybridized carbons (Fsp3) is 0.263. The number of ether oxygens (including phenoxy) is 4. The third kappa shape index (κ3) is 3.73. The van der Waals surface area contributed by atoms with Crippen LogP contribution in [0.1, 0.15) is 31.2 Å². The highest BCUT2D eigenvalue weighted by Crippen LogP contribution is 2.40. The molecule has 9 nitrogen and oxygen atoms in total. The number of hydrogen-bond acceptors (Lipinski definition) is 8. The van der Waals surface area contributed by atoms with E-state index in [0.29, 0.717) is 11.1 Å².